The number of hydrogen-bond donors (Lipinski definition) is 1. The first-order valence-electron chi connectivity index (χ1n) is 10.9. The SMILES string of the molecule is CCCN(c1ccc2sc(C(=O)NC[C@@H]3CCCO3)cc2c1)S(=O)(=O)c1ccc(C)cc1. The second-order valence-corrected chi connectivity index (χ2v) is 11.0. The first-order valence-corrected chi connectivity index (χ1v) is 13.2. The van der Waals surface area contributed by atoms with Crippen molar-refractivity contribution in [1.82, 2.24) is 5.32 Å². The van der Waals surface area contributed by atoms with Crippen molar-refractivity contribution in [3.63, 3.8) is 0 Å². The number of carbonyl (C=O) groups excluding carboxylic acids is 1. The molecule has 0 saturated carbocycles. The molecule has 1 fully saturated rings. The van der Waals surface area contributed by atoms with Gasteiger partial charge in [-0.1, -0.05) is 24.6 Å². The van der Waals surface area contributed by atoms with Gasteiger partial charge in [-0.3, -0.25) is 9.10 Å². The maximum Gasteiger partial charge on any atom is 0.264 e. The number of benzene rings is 2. The van der Waals surface area contributed by atoms with Crippen LogP contribution in [0.2, 0.25) is 0 Å². The van der Waals surface area contributed by atoms with Crippen molar-refractivity contribution in [2.24, 2.45) is 0 Å². The predicted molar refractivity (Wildman–Crippen MR) is 129 cm³/mol. The van der Waals surface area contributed by atoms with E-state index in [2.05, 4.69) is 5.32 Å². The van der Waals surface area contributed by atoms with Crippen molar-refractivity contribution in [3.05, 3.63) is 59.0 Å². The topological polar surface area (TPSA) is 75.7 Å². The number of nitrogens with zero attached hydrogens (tertiary/aromatic N) is 1. The number of anilines is 1. The van der Waals surface area contributed by atoms with E-state index >= 15 is 0 Å². The molecule has 1 amide bonds. The van der Waals surface area contributed by atoms with E-state index in [4.69, 9.17) is 4.74 Å². The summed E-state index contributed by atoms with van der Waals surface area (Å²) >= 11 is 1.41. The molecule has 1 aromatic heterocycles. The monoisotopic (exact) mass is 472 g/mol. The normalized spacial score (nSPS) is 16.4. The van der Waals surface area contributed by atoms with Gasteiger partial charge in [-0.2, -0.15) is 0 Å². The summed E-state index contributed by atoms with van der Waals surface area (Å²) in [7, 11) is -3.69. The average molecular weight is 473 g/mol. The summed E-state index contributed by atoms with van der Waals surface area (Å²) in [6.07, 6.45) is 2.78. The van der Waals surface area contributed by atoms with Crippen LogP contribution in [0.15, 0.2) is 53.4 Å². The third-order valence-electron chi connectivity index (χ3n) is 5.56. The number of carbonyl (C=O) groups is 1. The molecule has 1 saturated heterocycles. The molecule has 0 unspecified atom stereocenters. The highest BCUT2D eigenvalue weighted by Crippen LogP contribution is 2.32. The maximum absolute atomic E-state index is 13.3. The van der Waals surface area contributed by atoms with Gasteiger partial charge in [0.25, 0.3) is 15.9 Å². The third-order valence-corrected chi connectivity index (χ3v) is 8.52. The van der Waals surface area contributed by atoms with Crippen molar-refractivity contribution in [1.29, 1.82) is 0 Å². The van der Waals surface area contributed by atoms with Crippen LogP contribution in [0.4, 0.5) is 5.69 Å². The van der Waals surface area contributed by atoms with Gasteiger partial charge in [0.05, 0.1) is 21.6 Å². The summed E-state index contributed by atoms with van der Waals surface area (Å²) in [5.74, 6) is -0.124. The van der Waals surface area contributed by atoms with E-state index in [-0.39, 0.29) is 16.9 Å². The maximum atomic E-state index is 13.3. The second-order valence-electron chi connectivity index (χ2n) is 8.07. The number of amides is 1. The Balaban J connectivity index is 1.59. The van der Waals surface area contributed by atoms with E-state index in [1.807, 2.05) is 38.1 Å². The van der Waals surface area contributed by atoms with E-state index in [1.54, 1.807) is 24.3 Å². The van der Waals surface area contributed by atoms with Gasteiger partial charge >= 0.3 is 0 Å². The molecule has 3 aromatic rings. The molecule has 0 spiro atoms. The zero-order chi connectivity index (χ0) is 22.7. The number of sulfonamides is 1. The number of fused-ring (bicyclic) bond motifs is 1. The lowest BCUT2D eigenvalue weighted by Crippen LogP contribution is -2.31. The van der Waals surface area contributed by atoms with Crippen molar-refractivity contribution < 1.29 is 17.9 Å². The van der Waals surface area contributed by atoms with Crippen molar-refractivity contribution >= 4 is 43.0 Å². The first-order chi connectivity index (χ1) is 15.4. The molecule has 4 rings (SSSR count). The summed E-state index contributed by atoms with van der Waals surface area (Å²) in [6.45, 7) is 5.53. The van der Waals surface area contributed by atoms with Gasteiger partial charge in [-0.25, -0.2) is 8.42 Å². The van der Waals surface area contributed by atoms with Gasteiger partial charge in [-0.15, -0.1) is 11.3 Å². The van der Waals surface area contributed by atoms with Crippen LogP contribution < -0.4 is 9.62 Å². The molecular formula is C24H28N2O4S2. The molecule has 0 aliphatic carbocycles. The van der Waals surface area contributed by atoms with E-state index in [0.29, 0.717) is 30.1 Å². The molecule has 0 radical (unpaired) electrons. The smallest absolute Gasteiger partial charge is 0.264 e. The minimum Gasteiger partial charge on any atom is -0.376 e. The summed E-state index contributed by atoms with van der Waals surface area (Å²) < 4.78 is 34.7. The molecule has 32 heavy (non-hydrogen) atoms. The minimum absolute atomic E-state index is 0.0921. The van der Waals surface area contributed by atoms with E-state index in [1.165, 1.54) is 15.6 Å². The van der Waals surface area contributed by atoms with E-state index < -0.39 is 10.0 Å². The fourth-order valence-electron chi connectivity index (χ4n) is 3.83. The summed E-state index contributed by atoms with van der Waals surface area (Å²) in [5.41, 5.74) is 1.61. The standard InChI is InChI=1S/C24H28N2O4S2/c1-3-12-26(32(28,29)21-9-6-17(2)7-10-21)19-8-11-22-18(14-19)15-23(31-22)24(27)25-16-20-5-4-13-30-20/h6-11,14-15,20H,3-5,12-13,16H2,1-2H3,(H,25,27)/t20-/m0/s1. The average Bonchev–Trinajstić information content (AvgIpc) is 3.45. The van der Waals surface area contributed by atoms with Crippen molar-refractivity contribution in [3.8, 4) is 0 Å². The molecule has 0 bridgehead atoms. The van der Waals surface area contributed by atoms with Crippen LogP contribution in [0.5, 0.6) is 0 Å². The van der Waals surface area contributed by atoms with Crippen molar-refractivity contribution in [2.75, 3.05) is 24.0 Å². The summed E-state index contributed by atoms with van der Waals surface area (Å²) in [6, 6.07) is 14.3. The zero-order valence-electron chi connectivity index (χ0n) is 18.3. The Hall–Kier alpha value is -2.42. The minimum atomic E-state index is -3.69. The van der Waals surface area contributed by atoms with E-state index in [9.17, 15) is 13.2 Å². The largest absolute Gasteiger partial charge is 0.376 e. The fraction of sp³-hybridized carbons (Fsp3) is 0.375. The highest BCUT2D eigenvalue weighted by molar-refractivity contribution is 7.92. The molecular weight excluding hydrogens is 444 g/mol. The molecule has 2 heterocycles. The van der Waals surface area contributed by atoms with Gasteiger partial charge in [0.2, 0.25) is 0 Å². The molecule has 1 aliphatic rings. The van der Waals surface area contributed by atoms with Crippen LogP contribution in [-0.4, -0.2) is 40.1 Å². The van der Waals surface area contributed by atoms with Crippen LogP contribution >= 0.6 is 11.3 Å². The number of thiophene rings is 1. The molecule has 6 nitrogen and oxygen atoms in total. The molecule has 1 aliphatic heterocycles. The lowest BCUT2D eigenvalue weighted by Gasteiger charge is -2.24. The molecule has 170 valence electrons. The highest BCUT2D eigenvalue weighted by atomic mass is 32.2. The fourth-order valence-corrected chi connectivity index (χ4v) is 6.33. The summed E-state index contributed by atoms with van der Waals surface area (Å²) in [4.78, 5) is 13.5. The Kier molecular flexibility index (Phi) is 6.83. The highest BCUT2D eigenvalue weighted by Gasteiger charge is 2.25. The summed E-state index contributed by atoms with van der Waals surface area (Å²) in [5, 5.41) is 3.81. The quantitative estimate of drug-likeness (QED) is 0.515. The third kappa shape index (κ3) is 4.82. The Morgan fingerprint density at radius 1 is 1.19 bits per heavy atom. The van der Waals surface area contributed by atoms with Gasteiger partial charge in [0.1, 0.15) is 0 Å². The Bertz CT molecular complexity index is 1200. The predicted octanol–water partition coefficient (Wildman–Crippen LogP) is 4.72. The molecule has 8 heteroatoms. The van der Waals surface area contributed by atoms with Gasteiger partial charge in [-0.05, 0) is 68.0 Å². The van der Waals surface area contributed by atoms with E-state index in [0.717, 1.165) is 35.1 Å². The number of nitrogens with one attached hydrogen (secondary N) is 1. The van der Waals surface area contributed by atoms with Gasteiger partial charge < -0.3 is 10.1 Å². The van der Waals surface area contributed by atoms with Gasteiger partial charge in [0.15, 0.2) is 0 Å². The lowest BCUT2D eigenvalue weighted by molar-refractivity contribution is 0.0861. The van der Waals surface area contributed by atoms with Gasteiger partial charge in [0, 0.05) is 24.4 Å². The number of aryl methyl sites for hydroxylation is 1. The molecule has 1 atom stereocenters. The zero-order valence-corrected chi connectivity index (χ0v) is 20.0. The Labute approximate surface area is 193 Å². The van der Waals surface area contributed by atoms with Crippen molar-refractivity contribution in [2.45, 2.75) is 44.1 Å². The Morgan fingerprint density at radius 3 is 2.66 bits per heavy atom. The second kappa shape index (κ2) is 9.60. The Morgan fingerprint density at radius 2 is 1.97 bits per heavy atom. The van der Waals surface area contributed by atoms with Crippen LogP contribution in [0.3, 0.4) is 0 Å². The number of ether oxygens (including phenoxy) is 1. The van der Waals surface area contributed by atoms with Crippen LogP contribution in [0.25, 0.3) is 10.1 Å². The number of rotatable bonds is 8. The van der Waals surface area contributed by atoms with Crippen LogP contribution in [-0.2, 0) is 14.8 Å². The molecule has 1 N–H and O–H groups in total. The first kappa shape index (κ1) is 22.8. The lowest BCUT2D eigenvalue weighted by atomic mass is 10.2. The van der Waals surface area contributed by atoms with Crippen LogP contribution in [0.1, 0.15) is 41.4 Å². The number of hydrogen-bond acceptors (Lipinski definition) is 5. The van der Waals surface area contributed by atoms with Crippen LogP contribution in [0, 0.1) is 6.92 Å². The molecule has 2 aromatic carbocycles.